The van der Waals surface area contributed by atoms with E-state index >= 15 is 0 Å². The molecule has 0 bridgehead atoms. The molecule has 0 heterocycles. The number of aldehydes is 1. The zero-order chi connectivity index (χ0) is 11.8. The minimum atomic E-state index is -0.260. The summed E-state index contributed by atoms with van der Waals surface area (Å²) in [4.78, 5) is 11.1. The molecule has 0 spiro atoms. The Morgan fingerprint density at radius 1 is 1.19 bits per heavy atom. The predicted octanol–water partition coefficient (Wildman–Crippen LogP) is 2.24. The van der Waals surface area contributed by atoms with E-state index in [0.717, 1.165) is 30.3 Å². The van der Waals surface area contributed by atoms with E-state index in [1.165, 1.54) is 0 Å². The van der Waals surface area contributed by atoms with Crippen molar-refractivity contribution in [3.8, 4) is 11.5 Å². The summed E-state index contributed by atoms with van der Waals surface area (Å²) in [5.74, 6) is 1.40. The van der Waals surface area contributed by atoms with Crippen molar-refractivity contribution in [3.63, 3.8) is 0 Å². The van der Waals surface area contributed by atoms with Crippen LogP contribution in [-0.4, -0.2) is 20.5 Å². The van der Waals surface area contributed by atoms with Crippen molar-refractivity contribution in [1.29, 1.82) is 0 Å². The van der Waals surface area contributed by atoms with E-state index in [1.807, 2.05) is 19.1 Å². The number of benzene rings is 1. The van der Waals surface area contributed by atoms with E-state index in [2.05, 4.69) is 0 Å². The molecule has 1 fully saturated rings. The third-order valence-electron chi connectivity index (χ3n) is 3.28. The van der Waals surface area contributed by atoms with E-state index in [4.69, 9.17) is 9.47 Å². The molecular formula is C13H16O3. The fourth-order valence-corrected chi connectivity index (χ4v) is 2.10. The SMILES string of the molecule is COc1cc(C)c(C2(C=O)CC2)cc1OC. The second kappa shape index (κ2) is 3.81. The topological polar surface area (TPSA) is 35.5 Å². The second-order valence-corrected chi connectivity index (χ2v) is 4.30. The van der Waals surface area contributed by atoms with Gasteiger partial charge in [0, 0.05) is 0 Å². The van der Waals surface area contributed by atoms with Crippen LogP contribution in [0.4, 0.5) is 0 Å². The summed E-state index contributed by atoms with van der Waals surface area (Å²) >= 11 is 0. The third-order valence-corrected chi connectivity index (χ3v) is 3.28. The Morgan fingerprint density at radius 3 is 2.19 bits per heavy atom. The van der Waals surface area contributed by atoms with Gasteiger partial charge in [0.05, 0.1) is 19.6 Å². The Labute approximate surface area is 95.4 Å². The van der Waals surface area contributed by atoms with Crippen molar-refractivity contribution in [3.05, 3.63) is 23.3 Å². The van der Waals surface area contributed by atoms with Gasteiger partial charge in [-0.3, -0.25) is 0 Å². The van der Waals surface area contributed by atoms with Crippen LogP contribution < -0.4 is 9.47 Å². The summed E-state index contributed by atoms with van der Waals surface area (Å²) in [6.07, 6.45) is 2.93. The highest BCUT2D eigenvalue weighted by Crippen LogP contribution is 2.49. The fourth-order valence-electron chi connectivity index (χ4n) is 2.10. The van der Waals surface area contributed by atoms with Gasteiger partial charge in [0.15, 0.2) is 11.5 Å². The largest absolute Gasteiger partial charge is 0.493 e. The lowest BCUT2D eigenvalue weighted by atomic mass is 9.93. The molecule has 0 aliphatic heterocycles. The van der Waals surface area contributed by atoms with Gasteiger partial charge in [0.25, 0.3) is 0 Å². The lowest BCUT2D eigenvalue weighted by Crippen LogP contribution is -2.10. The average Bonchev–Trinajstić information content (AvgIpc) is 3.09. The van der Waals surface area contributed by atoms with Crippen LogP contribution >= 0.6 is 0 Å². The van der Waals surface area contributed by atoms with Crippen LogP contribution in [-0.2, 0) is 10.2 Å². The second-order valence-electron chi connectivity index (χ2n) is 4.30. The van der Waals surface area contributed by atoms with Crippen molar-refractivity contribution in [2.75, 3.05) is 14.2 Å². The molecular weight excluding hydrogens is 204 g/mol. The maximum Gasteiger partial charge on any atom is 0.161 e. The molecule has 0 aromatic heterocycles. The molecule has 0 saturated heterocycles. The molecule has 1 aromatic carbocycles. The first-order valence-electron chi connectivity index (χ1n) is 5.36. The van der Waals surface area contributed by atoms with Gasteiger partial charge >= 0.3 is 0 Å². The van der Waals surface area contributed by atoms with Crippen LogP contribution in [0.15, 0.2) is 12.1 Å². The lowest BCUT2D eigenvalue weighted by molar-refractivity contribution is -0.109. The molecule has 86 valence electrons. The molecule has 16 heavy (non-hydrogen) atoms. The molecule has 0 N–H and O–H groups in total. The van der Waals surface area contributed by atoms with Crippen LogP contribution in [0.2, 0.25) is 0 Å². The maximum absolute atomic E-state index is 11.1. The quantitative estimate of drug-likeness (QED) is 0.730. The first kappa shape index (κ1) is 11.0. The average molecular weight is 220 g/mol. The van der Waals surface area contributed by atoms with Gasteiger partial charge in [0.2, 0.25) is 0 Å². The zero-order valence-electron chi connectivity index (χ0n) is 9.87. The summed E-state index contributed by atoms with van der Waals surface area (Å²) in [6.45, 7) is 2.00. The number of hydrogen-bond acceptors (Lipinski definition) is 3. The standard InChI is InChI=1S/C13H16O3/c1-9-6-11(15-2)12(16-3)7-10(9)13(8-14)4-5-13/h6-8H,4-5H2,1-3H3. The number of carbonyl (C=O) groups excluding carboxylic acids is 1. The Bertz CT molecular complexity index is 419. The molecule has 0 amide bonds. The minimum absolute atomic E-state index is 0.260. The highest BCUT2D eigenvalue weighted by Gasteiger charge is 2.45. The molecule has 1 aliphatic carbocycles. The molecule has 0 atom stereocenters. The van der Waals surface area contributed by atoms with Crippen molar-refractivity contribution in [2.45, 2.75) is 25.2 Å². The lowest BCUT2D eigenvalue weighted by Gasteiger charge is -2.15. The van der Waals surface area contributed by atoms with E-state index in [9.17, 15) is 4.79 Å². The van der Waals surface area contributed by atoms with Crippen molar-refractivity contribution in [2.24, 2.45) is 0 Å². The monoisotopic (exact) mass is 220 g/mol. The zero-order valence-corrected chi connectivity index (χ0v) is 9.87. The molecule has 0 radical (unpaired) electrons. The fraction of sp³-hybridized carbons (Fsp3) is 0.462. The van der Waals surface area contributed by atoms with Gasteiger partial charge in [0.1, 0.15) is 6.29 Å². The highest BCUT2D eigenvalue weighted by atomic mass is 16.5. The van der Waals surface area contributed by atoms with E-state index in [-0.39, 0.29) is 5.41 Å². The first-order valence-corrected chi connectivity index (χ1v) is 5.36. The Morgan fingerprint density at radius 2 is 1.75 bits per heavy atom. The summed E-state index contributed by atoms with van der Waals surface area (Å²) in [7, 11) is 3.22. The van der Waals surface area contributed by atoms with Crippen LogP contribution in [0.5, 0.6) is 11.5 Å². The summed E-state index contributed by atoms with van der Waals surface area (Å²) in [6, 6.07) is 3.85. The number of rotatable bonds is 4. The molecule has 3 nitrogen and oxygen atoms in total. The normalized spacial score (nSPS) is 16.7. The molecule has 1 saturated carbocycles. The van der Waals surface area contributed by atoms with Gasteiger partial charge < -0.3 is 14.3 Å². The van der Waals surface area contributed by atoms with Crippen LogP contribution in [0.3, 0.4) is 0 Å². The number of ether oxygens (including phenoxy) is 2. The maximum atomic E-state index is 11.1. The summed E-state index contributed by atoms with van der Waals surface area (Å²) in [5, 5.41) is 0. The third kappa shape index (κ3) is 1.56. The van der Waals surface area contributed by atoms with Gasteiger partial charge in [-0.2, -0.15) is 0 Å². The van der Waals surface area contributed by atoms with Crippen LogP contribution in [0.25, 0.3) is 0 Å². The predicted molar refractivity (Wildman–Crippen MR) is 61.3 cm³/mol. The van der Waals surface area contributed by atoms with Crippen molar-refractivity contribution in [1.82, 2.24) is 0 Å². The van der Waals surface area contributed by atoms with Crippen LogP contribution in [0.1, 0.15) is 24.0 Å². The van der Waals surface area contributed by atoms with Crippen molar-refractivity contribution < 1.29 is 14.3 Å². The number of aryl methyl sites for hydroxylation is 1. The van der Waals surface area contributed by atoms with E-state index in [0.29, 0.717) is 11.5 Å². The highest BCUT2D eigenvalue weighted by molar-refractivity contribution is 5.75. The molecule has 2 rings (SSSR count). The Balaban J connectivity index is 2.51. The molecule has 3 heteroatoms. The smallest absolute Gasteiger partial charge is 0.161 e. The van der Waals surface area contributed by atoms with Crippen LogP contribution in [0, 0.1) is 6.92 Å². The number of methoxy groups -OCH3 is 2. The van der Waals surface area contributed by atoms with Gasteiger partial charge in [-0.25, -0.2) is 0 Å². The van der Waals surface area contributed by atoms with Gasteiger partial charge in [-0.05, 0) is 43.0 Å². The molecule has 0 unspecified atom stereocenters. The Hall–Kier alpha value is -1.51. The van der Waals surface area contributed by atoms with E-state index < -0.39 is 0 Å². The van der Waals surface area contributed by atoms with Gasteiger partial charge in [-0.1, -0.05) is 0 Å². The van der Waals surface area contributed by atoms with Gasteiger partial charge in [-0.15, -0.1) is 0 Å². The summed E-state index contributed by atoms with van der Waals surface area (Å²) < 4.78 is 10.5. The first-order chi connectivity index (χ1) is 7.66. The number of hydrogen-bond donors (Lipinski definition) is 0. The van der Waals surface area contributed by atoms with Crippen molar-refractivity contribution >= 4 is 6.29 Å². The van der Waals surface area contributed by atoms with E-state index in [1.54, 1.807) is 14.2 Å². The number of carbonyl (C=O) groups is 1. The molecule has 1 aliphatic rings. The molecule has 1 aromatic rings. The minimum Gasteiger partial charge on any atom is -0.493 e. The Kier molecular flexibility index (Phi) is 2.62. The summed E-state index contributed by atoms with van der Waals surface area (Å²) in [5.41, 5.74) is 1.89.